The predicted octanol–water partition coefficient (Wildman–Crippen LogP) is -1.57. The van der Waals surface area contributed by atoms with Crippen LogP contribution in [-0.4, -0.2) is 63.2 Å². The molecule has 0 spiro atoms. The average molecular weight is 380 g/mol. The smallest absolute Gasteiger partial charge is 0.388 e. The maximum absolute atomic E-state index is 12.3. The molecule has 2 heterocycles. The van der Waals surface area contributed by atoms with E-state index in [1.165, 1.54) is 38.4 Å². The minimum absolute atomic E-state index is 0.0687. The normalized spacial score (nSPS) is 12.1. The number of rotatable bonds is 4. The molecular weight excluding hydrogens is 360 g/mol. The standard InChI is InChI=1S/C15H20N6O4S/c1-18(2)11-6-8-21(9-7-11)15(23)17-26(24,25)13-10-12(20(5)16-13)14(22)19(3)4/h6-10H,1-5H3. The van der Waals surface area contributed by atoms with E-state index in [4.69, 9.17) is 0 Å². The van der Waals surface area contributed by atoms with Crippen LogP contribution >= 0.6 is 0 Å². The maximum atomic E-state index is 12.3. The van der Waals surface area contributed by atoms with Crippen LogP contribution in [0.2, 0.25) is 0 Å². The van der Waals surface area contributed by atoms with E-state index in [0.29, 0.717) is 0 Å². The maximum Gasteiger partial charge on any atom is 0.388 e. The summed E-state index contributed by atoms with van der Waals surface area (Å²) in [5.74, 6) is -0.415. The Kier molecular flexibility index (Phi) is 5.30. The lowest BCUT2D eigenvalue weighted by atomic mass is 10.4. The molecule has 0 radical (unpaired) electrons. The summed E-state index contributed by atoms with van der Waals surface area (Å²) < 4.78 is 30.1. The molecule has 0 atom stereocenters. The Bertz CT molecular complexity index is 945. The fourth-order valence-corrected chi connectivity index (χ4v) is 2.92. The zero-order valence-electron chi connectivity index (χ0n) is 15.1. The first kappa shape index (κ1) is 19.4. The van der Waals surface area contributed by atoms with Crippen molar-refractivity contribution >= 4 is 27.6 Å². The van der Waals surface area contributed by atoms with E-state index in [2.05, 4.69) is 9.50 Å². The Balaban J connectivity index is 2.37. The van der Waals surface area contributed by atoms with Crippen LogP contribution in [0, 0.1) is 0 Å². The van der Waals surface area contributed by atoms with Gasteiger partial charge in [-0.05, 0) is 0 Å². The van der Waals surface area contributed by atoms with Crippen LogP contribution in [0.1, 0.15) is 10.5 Å². The van der Waals surface area contributed by atoms with Crippen molar-refractivity contribution in [3.63, 3.8) is 0 Å². The van der Waals surface area contributed by atoms with Gasteiger partial charge in [0.05, 0.1) is 12.4 Å². The highest BCUT2D eigenvalue weighted by Crippen LogP contribution is 2.13. The molecule has 0 unspecified atom stereocenters. The monoisotopic (exact) mass is 380 g/mol. The van der Waals surface area contributed by atoms with Crippen molar-refractivity contribution in [3.8, 4) is 0 Å². The minimum atomic E-state index is -4.35. The van der Waals surface area contributed by atoms with E-state index in [1.54, 1.807) is 12.1 Å². The van der Waals surface area contributed by atoms with E-state index in [0.717, 1.165) is 21.0 Å². The molecule has 140 valence electrons. The fourth-order valence-electron chi connectivity index (χ4n) is 2.04. The van der Waals surface area contributed by atoms with Crippen molar-refractivity contribution < 1.29 is 22.9 Å². The van der Waals surface area contributed by atoms with E-state index in [1.807, 2.05) is 19.0 Å². The van der Waals surface area contributed by atoms with E-state index < -0.39 is 27.0 Å². The van der Waals surface area contributed by atoms with Gasteiger partial charge in [-0.25, -0.2) is 4.57 Å². The number of aryl methyl sites for hydroxylation is 1. The summed E-state index contributed by atoms with van der Waals surface area (Å²) in [5, 5.41) is 15.5. The van der Waals surface area contributed by atoms with Crippen molar-refractivity contribution in [3.05, 3.63) is 36.3 Å². The molecule has 2 aromatic rings. The molecule has 0 fully saturated rings. The number of carbonyl (C=O) groups is 1. The molecule has 10 nitrogen and oxygen atoms in total. The summed E-state index contributed by atoms with van der Waals surface area (Å²) in [6.45, 7) is 0. The summed E-state index contributed by atoms with van der Waals surface area (Å²) in [7, 11) is 3.82. The molecule has 0 aromatic carbocycles. The van der Waals surface area contributed by atoms with Gasteiger partial charge in [0.25, 0.3) is 11.9 Å². The molecule has 11 heteroatoms. The van der Waals surface area contributed by atoms with E-state index in [9.17, 15) is 18.3 Å². The zero-order valence-corrected chi connectivity index (χ0v) is 15.9. The summed E-state index contributed by atoms with van der Waals surface area (Å²) in [5.41, 5.74) is 0.910. The summed E-state index contributed by atoms with van der Waals surface area (Å²) in [6, 6.07) is 3.40. The predicted molar refractivity (Wildman–Crippen MR) is 92.2 cm³/mol. The minimum Gasteiger partial charge on any atom is -0.806 e. The largest absolute Gasteiger partial charge is 0.806 e. The SMILES string of the molecule is CN(C)C(=O)c1cc(S(=O)(=O)/N=C(\[O-])[n+]2ccc(N(C)C)cc2)nn1C. The first-order valence-corrected chi connectivity index (χ1v) is 8.93. The third-order valence-corrected chi connectivity index (χ3v) is 4.62. The van der Waals surface area contributed by atoms with Gasteiger partial charge < -0.3 is 14.9 Å². The van der Waals surface area contributed by atoms with Crippen molar-refractivity contribution in [2.75, 3.05) is 33.1 Å². The second kappa shape index (κ2) is 7.12. The molecule has 0 aliphatic carbocycles. The van der Waals surface area contributed by atoms with Crippen LogP contribution in [0.5, 0.6) is 0 Å². The van der Waals surface area contributed by atoms with Crippen molar-refractivity contribution in [2.45, 2.75) is 5.03 Å². The Morgan fingerprint density at radius 2 is 1.81 bits per heavy atom. The van der Waals surface area contributed by atoms with Crippen LogP contribution in [-0.2, 0) is 17.1 Å². The molecule has 0 N–H and O–H groups in total. The number of aromatic nitrogens is 3. The number of amides is 1. The van der Waals surface area contributed by atoms with Gasteiger partial charge in [0, 0.05) is 63.5 Å². The highest BCUT2D eigenvalue weighted by molar-refractivity contribution is 7.90. The summed E-state index contributed by atoms with van der Waals surface area (Å²) >= 11 is 0. The Morgan fingerprint density at radius 3 is 2.31 bits per heavy atom. The van der Waals surface area contributed by atoms with Crippen molar-refractivity contribution in [1.82, 2.24) is 14.7 Å². The van der Waals surface area contributed by atoms with Crippen LogP contribution < -0.4 is 14.6 Å². The third-order valence-electron chi connectivity index (χ3n) is 3.49. The lowest BCUT2D eigenvalue weighted by molar-refractivity contribution is -0.613. The highest BCUT2D eigenvalue weighted by Gasteiger charge is 2.27. The Hall–Kier alpha value is -2.95. The lowest BCUT2D eigenvalue weighted by Crippen LogP contribution is -2.51. The summed E-state index contributed by atoms with van der Waals surface area (Å²) in [6.07, 6.45) is 2.83. The van der Waals surface area contributed by atoms with Gasteiger partial charge in [0.1, 0.15) is 5.69 Å². The van der Waals surface area contributed by atoms with Gasteiger partial charge in [-0.15, -0.1) is 0 Å². The van der Waals surface area contributed by atoms with Gasteiger partial charge in [-0.1, -0.05) is 0 Å². The number of nitrogens with zero attached hydrogens (tertiary/aromatic N) is 6. The molecule has 0 saturated carbocycles. The average Bonchev–Trinajstić information content (AvgIpc) is 2.96. The topological polar surface area (TPSA) is 115 Å². The van der Waals surface area contributed by atoms with Crippen LogP contribution in [0.4, 0.5) is 5.69 Å². The fraction of sp³-hybridized carbons (Fsp3) is 0.333. The molecular formula is C15H20N6O4S. The molecule has 0 bridgehead atoms. The molecule has 26 heavy (non-hydrogen) atoms. The first-order chi connectivity index (χ1) is 12.0. The Morgan fingerprint density at radius 1 is 1.23 bits per heavy atom. The molecule has 0 aliphatic rings. The molecule has 0 aliphatic heterocycles. The van der Waals surface area contributed by atoms with Crippen molar-refractivity contribution in [2.24, 2.45) is 11.4 Å². The molecule has 0 saturated heterocycles. The second-order valence-corrected chi connectivity index (χ2v) is 7.45. The van der Waals surface area contributed by atoms with Gasteiger partial charge in [-0.2, -0.15) is 13.5 Å². The number of hydrogen-bond acceptors (Lipinski definition) is 6. The summed E-state index contributed by atoms with van der Waals surface area (Å²) in [4.78, 5) is 15.1. The number of hydrogen-bond donors (Lipinski definition) is 0. The zero-order chi connectivity index (χ0) is 19.6. The highest BCUT2D eigenvalue weighted by atomic mass is 32.2. The Labute approximate surface area is 151 Å². The molecule has 1 amide bonds. The third kappa shape index (κ3) is 3.99. The van der Waals surface area contributed by atoms with Crippen LogP contribution in [0.15, 0.2) is 40.0 Å². The first-order valence-electron chi connectivity index (χ1n) is 7.49. The van der Waals surface area contributed by atoms with E-state index in [-0.39, 0.29) is 5.69 Å². The molecule has 2 rings (SSSR count). The van der Waals surface area contributed by atoms with Gasteiger partial charge in [0.15, 0.2) is 0 Å². The van der Waals surface area contributed by atoms with Crippen molar-refractivity contribution in [1.29, 1.82) is 0 Å². The number of carbonyl (C=O) groups excluding carboxylic acids is 1. The van der Waals surface area contributed by atoms with Gasteiger partial charge in [-0.3, -0.25) is 9.48 Å². The van der Waals surface area contributed by atoms with Crippen LogP contribution in [0.3, 0.4) is 0 Å². The quantitative estimate of drug-likeness (QED) is 0.360. The van der Waals surface area contributed by atoms with Gasteiger partial charge >= 0.3 is 10.0 Å². The number of pyridine rings is 1. The second-order valence-electron chi connectivity index (χ2n) is 5.90. The molecule has 2 aromatic heterocycles. The van der Waals surface area contributed by atoms with E-state index >= 15 is 0 Å². The number of anilines is 1. The number of sulfonamides is 1. The van der Waals surface area contributed by atoms with Crippen LogP contribution in [0.25, 0.3) is 0 Å². The van der Waals surface area contributed by atoms with Gasteiger partial charge in [0.2, 0.25) is 5.03 Å². The lowest BCUT2D eigenvalue weighted by Gasteiger charge is -2.12.